The summed E-state index contributed by atoms with van der Waals surface area (Å²) in [6, 6.07) is 7.68. The monoisotopic (exact) mass is 227 g/mol. The Morgan fingerprint density at radius 1 is 1.53 bits per heavy atom. The van der Waals surface area contributed by atoms with Crippen molar-refractivity contribution >= 4 is 5.69 Å². The molecule has 2 aromatic rings. The van der Waals surface area contributed by atoms with Crippen LogP contribution in [0.5, 0.6) is 0 Å². The van der Waals surface area contributed by atoms with Gasteiger partial charge in [0.1, 0.15) is 11.8 Å². The van der Waals surface area contributed by atoms with Crippen LogP contribution in [0.15, 0.2) is 36.8 Å². The topological polar surface area (TPSA) is 66.5 Å². The first-order chi connectivity index (χ1) is 8.28. The maximum atomic E-state index is 8.64. The predicted molar refractivity (Wildman–Crippen MR) is 64.3 cm³/mol. The Morgan fingerprint density at radius 3 is 3.00 bits per heavy atom. The van der Waals surface area contributed by atoms with E-state index in [1.54, 1.807) is 18.5 Å². The molecule has 17 heavy (non-hydrogen) atoms. The summed E-state index contributed by atoms with van der Waals surface area (Å²) in [6.07, 6.45) is 5.35. The molecule has 2 rings (SSSR count). The average Bonchev–Trinajstić information content (AvgIpc) is 2.82. The minimum Gasteiger partial charge on any atom is -0.379 e. The zero-order chi connectivity index (χ0) is 12.1. The highest BCUT2D eigenvalue weighted by Crippen LogP contribution is 2.08. The van der Waals surface area contributed by atoms with E-state index in [1.165, 1.54) is 0 Å². The fraction of sp³-hybridized carbons (Fsp3) is 0.250. The molecule has 0 amide bonds. The van der Waals surface area contributed by atoms with E-state index in [1.807, 2.05) is 29.1 Å². The number of nitrogens with zero attached hydrogens (tertiary/aromatic N) is 4. The molecule has 0 aliphatic rings. The third kappa shape index (κ3) is 3.05. The Bertz CT molecular complexity index is 495. The van der Waals surface area contributed by atoms with Crippen molar-refractivity contribution in [3.05, 3.63) is 42.5 Å². The largest absolute Gasteiger partial charge is 0.379 e. The van der Waals surface area contributed by atoms with Crippen molar-refractivity contribution in [1.82, 2.24) is 14.8 Å². The maximum Gasteiger partial charge on any atom is 0.140 e. The van der Waals surface area contributed by atoms with Gasteiger partial charge < -0.3 is 5.32 Å². The molecule has 2 heterocycles. The first kappa shape index (κ1) is 11.1. The zero-order valence-electron chi connectivity index (χ0n) is 9.54. The highest BCUT2D eigenvalue weighted by Gasteiger charge is 2.03. The minimum atomic E-state index is 0.240. The molecule has 1 N–H and O–H groups in total. The van der Waals surface area contributed by atoms with Gasteiger partial charge in [-0.2, -0.15) is 10.4 Å². The second-order valence-corrected chi connectivity index (χ2v) is 3.82. The molecular weight excluding hydrogens is 214 g/mol. The smallest absolute Gasteiger partial charge is 0.140 e. The summed E-state index contributed by atoms with van der Waals surface area (Å²) >= 11 is 0. The van der Waals surface area contributed by atoms with Crippen molar-refractivity contribution in [2.45, 2.75) is 19.5 Å². The zero-order valence-corrected chi connectivity index (χ0v) is 9.54. The quantitative estimate of drug-likeness (QED) is 0.862. The van der Waals surface area contributed by atoms with Crippen LogP contribution in [0.1, 0.15) is 12.6 Å². The number of hydrogen-bond acceptors (Lipinski definition) is 4. The average molecular weight is 227 g/mol. The number of hydrogen-bond donors (Lipinski definition) is 1. The van der Waals surface area contributed by atoms with Crippen molar-refractivity contribution < 1.29 is 0 Å². The highest BCUT2D eigenvalue weighted by molar-refractivity contribution is 5.43. The Kier molecular flexibility index (Phi) is 3.36. The van der Waals surface area contributed by atoms with Gasteiger partial charge in [0.15, 0.2) is 0 Å². The summed E-state index contributed by atoms with van der Waals surface area (Å²) in [7, 11) is 0. The van der Waals surface area contributed by atoms with Gasteiger partial charge in [0, 0.05) is 18.4 Å². The standard InChI is InChI=1S/C12H13N5/c1-10(9-17-6-2-5-15-17)16-12-4-3-11(7-13)14-8-12/h2-6,8,10,16H,9H2,1H3. The van der Waals surface area contributed by atoms with Crippen LogP contribution in [0.2, 0.25) is 0 Å². The second kappa shape index (κ2) is 5.12. The van der Waals surface area contributed by atoms with Gasteiger partial charge in [-0.25, -0.2) is 4.98 Å². The highest BCUT2D eigenvalue weighted by atomic mass is 15.3. The molecule has 5 nitrogen and oxygen atoms in total. The molecule has 0 saturated heterocycles. The van der Waals surface area contributed by atoms with Gasteiger partial charge >= 0.3 is 0 Å². The van der Waals surface area contributed by atoms with Gasteiger partial charge in [0.25, 0.3) is 0 Å². The van der Waals surface area contributed by atoms with Crippen LogP contribution in [-0.4, -0.2) is 20.8 Å². The molecular formula is C12H13N5. The van der Waals surface area contributed by atoms with Gasteiger partial charge in [-0.15, -0.1) is 0 Å². The first-order valence-electron chi connectivity index (χ1n) is 5.38. The fourth-order valence-electron chi connectivity index (χ4n) is 1.56. The van der Waals surface area contributed by atoms with E-state index in [-0.39, 0.29) is 6.04 Å². The molecule has 2 aromatic heterocycles. The Balaban J connectivity index is 1.94. The summed E-state index contributed by atoms with van der Waals surface area (Å²) in [4.78, 5) is 4.00. The van der Waals surface area contributed by atoms with Crippen molar-refractivity contribution in [2.24, 2.45) is 0 Å². The van der Waals surface area contributed by atoms with Crippen LogP contribution in [0.4, 0.5) is 5.69 Å². The molecule has 0 fully saturated rings. The second-order valence-electron chi connectivity index (χ2n) is 3.82. The van der Waals surface area contributed by atoms with E-state index in [2.05, 4.69) is 22.3 Å². The molecule has 86 valence electrons. The number of nitriles is 1. The van der Waals surface area contributed by atoms with Crippen LogP contribution in [0, 0.1) is 11.3 Å². The van der Waals surface area contributed by atoms with Gasteiger partial charge in [-0.1, -0.05) is 0 Å². The molecule has 1 atom stereocenters. The van der Waals surface area contributed by atoms with E-state index >= 15 is 0 Å². The van der Waals surface area contributed by atoms with E-state index < -0.39 is 0 Å². The Morgan fingerprint density at radius 2 is 2.41 bits per heavy atom. The number of aromatic nitrogens is 3. The van der Waals surface area contributed by atoms with Gasteiger partial charge in [-0.3, -0.25) is 4.68 Å². The summed E-state index contributed by atoms with van der Waals surface area (Å²) in [6.45, 7) is 2.85. The summed E-state index contributed by atoms with van der Waals surface area (Å²) in [5, 5.41) is 16.1. The molecule has 0 saturated carbocycles. The number of pyridine rings is 1. The fourth-order valence-corrected chi connectivity index (χ4v) is 1.56. The van der Waals surface area contributed by atoms with Crippen LogP contribution < -0.4 is 5.32 Å². The lowest BCUT2D eigenvalue weighted by molar-refractivity contribution is 0.561. The lowest BCUT2D eigenvalue weighted by Gasteiger charge is -2.14. The number of nitrogens with one attached hydrogen (secondary N) is 1. The molecule has 0 aliphatic heterocycles. The number of rotatable bonds is 4. The van der Waals surface area contributed by atoms with Gasteiger partial charge in [0.2, 0.25) is 0 Å². The molecule has 0 spiro atoms. The normalized spacial score (nSPS) is 11.8. The molecule has 1 unspecified atom stereocenters. The third-order valence-corrected chi connectivity index (χ3v) is 2.31. The van der Waals surface area contributed by atoms with Crippen molar-refractivity contribution in [1.29, 1.82) is 5.26 Å². The summed E-state index contributed by atoms with van der Waals surface area (Å²) < 4.78 is 1.87. The number of anilines is 1. The van der Waals surface area contributed by atoms with Gasteiger partial charge in [0.05, 0.1) is 18.4 Å². The SMILES string of the molecule is CC(Cn1cccn1)Nc1ccc(C#N)nc1. The first-order valence-corrected chi connectivity index (χ1v) is 5.38. The molecule has 5 heteroatoms. The molecule has 0 aromatic carbocycles. The van der Waals surface area contributed by atoms with E-state index in [0.717, 1.165) is 12.2 Å². The molecule has 0 aliphatic carbocycles. The van der Waals surface area contributed by atoms with Crippen molar-refractivity contribution in [2.75, 3.05) is 5.32 Å². The van der Waals surface area contributed by atoms with E-state index in [0.29, 0.717) is 5.69 Å². The van der Waals surface area contributed by atoms with E-state index in [4.69, 9.17) is 5.26 Å². The Labute approximate surface area is 99.7 Å². The van der Waals surface area contributed by atoms with Crippen molar-refractivity contribution in [3.8, 4) is 6.07 Å². The Hall–Kier alpha value is -2.35. The van der Waals surface area contributed by atoms with Crippen LogP contribution in [0.25, 0.3) is 0 Å². The van der Waals surface area contributed by atoms with E-state index in [9.17, 15) is 0 Å². The molecule has 0 bridgehead atoms. The van der Waals surface area contributed by atoms with Crippen molar-refractivity contribution in [3.63, 3.8) is 0 Å². The minimum absolute atomic E-state index is 0.240. The third-order valence-electron chi connectivity index (χ3n) is 2.31. The predicted octanol–water partition coefficient (Wildman–Crippen LogP) is 1.65. The van der Waals surface area contributed by atoms with Crippen LogP contribution in [0.3, 0.4) is 0 Å². The van der Waals surface area contributed by atoms with Gasteiger partial charge in [-0.05, 0) is 25.1 Å². The molecule has 0 radical (unpaired) electrons. The lowest BCUT2D eigenvalue weighted by Crippen LogP contribution is -2.22. The summed E-state index contributed by atoms with van der Waals surface area (Å²) in [5.41, 5.74) is 1.33. The lowest BCUT2D eigenvalue weighted by atomic mass is 10.3. The maximum absolute atomic E-state index is 8.64. The summed E-state index contributed by atoms with van der Waals surface area (Å²) in [5.74, 6) is 0. The van der Waals surface area contributed by atoms with Crippen LogP contribution in [-0.2, 0) is 6.54 Å². The van der Waals surface area contributed by atoms with Crippen LogP contribution >= 0.6 is 0 Å².